The van der Waals surface area contributed by atoms with E-state index in [-0.39, 0.29) is 0 Å². The van der Waals surface area contributed by atoms with Gasteiger partial charge in [-0.1, -0.05) is 50.2 Å². The van der Waals surface area contributed by atoms with E-state index in [0.29, 0.717) is 5.92 Å². The molecule has 0 aromatic heterocycles. The molecule has 2 rings (SSSR count). The molecule has 0 radical (unpaired) electrons. The van der Waals surface area contributed by atoms with E-state index in [4.69, 9.17) is 4.74 Å². The maximum Gasteiger partial charge on any atom is 0.119 e. The maximum atomic E-state index is 5.27. The van der Waals surface area contributed by atoms with Crippen molar-refractivity contribution in [2.75, 3.05) is 7.11 Å². The Hall–Kier alpha value is -1.76. The number of methoxy groups -OCH3 is 1. The first kappa shape index (κ1) is 13.7. The molecule has 0 aliphatic rings. The Balaban J connectivity index is 2.26. The van der Waals surface area contributed by atoms with E-state index < -0.39 is 0 Å². The lowest BCUT2D eigenvalue weighted by Crippen LogP contribution is -1.94. The first-order chi connectivity index (χ1) is 9.28. The Morgan fingerprint density at radius 3 is 2.16 bits per heavy atom. The molecule has 0 amide bonds. The normalized spacial score (nSPS) is 10.7. The van der Waals surface area contributed by atoms with Crippen LogP contribution in [0.25, 0.3) is 11.1 Å². The van der Waals surface area contributed by atoms with Crippen molar-refractivity contribution in [2.45, 2.75) is 32.6 Å². The Kier molecular flexibility index (Phi) is 4.62. The molecule has 0 aliphatic heterocycles. The van der Waals surface area contributed by atoms with Crippen LogP contribution in [-0.4, -0.2) is 7.11 Å². The standard InChI is InChI=1S/C18H22O/c1-4-14(5-2)15-9-11-16(12-10-15)17-7-6-8-18(13-17)19-3/h6-14H,4-5H2,1-3H3. The van der Waals surface area contributed by atoms with Gasteiger partial charge in [-0.15, -0.1) is 0 Å². The molecular formula is C18H22O. The summed E-state index contributed by atoms with van der Waals surface area (Å²) in [5.74, 6) is 1.58. The molecule has 0 saturated heterocycles. The highest BCUT2D eigenvalue weighted by Gasteiger charge is 2.07. The third kappa shape index (κ3) is 3.17. The molecule has 100 valence electrons. The van der Waals surface area contributed by atoms with Crippen LogP contribution in [0, 0.1) is 0 Å². The molecule has 0 heterocycles. The number of hydrogen-bond donors (Lipinski definition) is 0. The smallest absolute Gasteiger partial charge is 0.119 e. The van der Waals surface area contributed by atoms with Crippen molar-refractivity contribution in [1.29, 1.82) is 0 Å². The van der Waals surface area contributed by atoms with Crippen LogP contribution in [0.3, 0.4) is 0 Å². The highest BCUT2D eigenvalue weighted by Crippen LogP contribution is 2.28. The van der Waals surface area contributed by atoms with E-state index in [2.05, 4.69) is 50.2 Å². The van der Waals surface area contributed by atoms with Crippen molar-refractivity contribution < 1.29 is 4.74 Å². The summed E-state index contributed by atoms with van der Waals surface area (Å²) in [6, 6.07) is 17.1. The molecule has 0 bridgehead atoms. The zero-order chi connectivity index (χ0) is 13.7. The first-order valence-electron chi connectivity index (χ1n) is 7.02. The fraction of sp³-hybridized carbons (Fsp3) is 0.333. The van der Waals surface area contributed by atoms with Crippen molar-refractivity contribution >= 4 is 0 Å². The fourth-order valence-corrected chi connectivity index (χ4v) is 2.51. The quantitative estimate of drug-likeness (QED) is 0.706. The van der Waals surface area contributed by atoms with Gasteiger partial charge in [-0.3, -0.25) is 0 Å². The van der Waals surface area contributed by atoms with Crippen LogP contribution >= 0.6 is 0 Å². The lowest BCUT2D eigenvalue weighted by molar-refractivity contribution is 0.415. The van der Waals surface area contributed by atoms with Crippen LogP contribution in [0.4, 0.5) is 0 Å². The summed E-state index contributed by atoms with van der Waals surface area (Å²) in [4.78, 5) is 0. The van der Waals surface area contributed by atoms with Gasteiger partial charge < -0.3 is 4.74 Å². The van der Waals surface area contributed by atoms with Gasteiger partial charge in [0.1, 0.15) is 5.75 Å². The van der Waals surface area contributed by atoms with Gasteiger partial charge in [-0.05, 0) is 47.6 Å². The van der Waals surface area contributed by atoms with E-state index in [1.807, 2.05) is 12.1 Å². The number of rotatable bonds is 5. The average molecular weight is 254 g/mol. The third-order valence-electron chi connectivity index (χ3n) is 3.77. The van der Waals surface area contributed by atoms with Gasteiger partial charge in [0.25, 0.3) is 0 Å². The molecule has 1 nitrogen and oxygen atoms in total. The molecule has 0 fully saturated rings. The lowest BCUT2D eigenvalue weighted by Gasteiger charge is -2.13. The minimum Gasteiger partial charge on any atom is -0.497 e. The highest BCUT2D eigenvalue weighted by atomic mass is 16.5. The highest BCUT2D eigenvalue weighted by molar-refractivity contribution is 5.65. The SMILES string of the molecule is CCC(CC)c1ccc(-c2cccc(OC)c2)cc1. The first-order valence-corrected chi connectivity index (χ1v) is 7.02. The van der Waals surface area contributed by atoms with Gasteiger partial charge in [0, 0.05) is 0 Å². The zero-order valence-corrected chi connectivity index (χ0v) is 12.0. The summed E-state index contributed by atoms with van der Waals surface area (Å²) < 4.78 is 5.27. The van der Waals surface area contributed by atoms with Gasteiger partial charge in [-0.25, -0.2) is 0 Å². The van der Waals surface area contributed by atoms with Crippen LogP contribution in [0.15, 0.2) is 48.5 Å². The predicted octanol–water partition coefficient (Wildman–Crippen LogP) is 5.27. The van der Waals surface area contributed by atoms with Gasteiger partial charge in [0.05, 0.1) is 7.11 Å². The summed E-state index contributed by atoms with van der Waals surface area (Å²) in [6.07, 6.45) is 2.41. The van der Waals surface area contributed by atoms with Crippen LogP contribution < -0.4 is 4.74 Å². The second-order valence-corrected chi connectivity index (χ2v) is 4.87. The molecule has 2 aromatic carbocycles. The lowest BCUT2D eigenvalue weighted by atomic mass is 9.92. The molecule has 0 spiro atoms. The maximum absolute atomic E-state index is 5.27. The molecule has 0 saturated carbocycles. The predicted molar refractivity (Wildman–Crippen MR) is 81.8 cm³/mol. The Bertz CT molecular complexity index is 509. The average Bonchev–Trinajstić information content (AvgIpc) is 2.49. The molecule has 0 atom stereocenters. The molecule has 19 heavy (non-hydrogen) atoms. The summed E-state index contributed by atoms with van der Waals surface area (Å²) >= 11 is 0. The van der Waals surface area contributed by atoms with Gasteiger partial charge in [0.15, 0.2) is 0 Å². The second-order valence-electron chi connectivity index (χ2n) is 4.87. The van der Waals surface area contributed by atoms with Crippen molar-refractivity contribution in [3.05, 3.63) is 54.1 Å². The van der Waals surface area contributed by atoms with Crippen LogP contribution in [-0.2, 0) is 0 Å². The van der Waals surface area contributed by atoms with E-state index in [1.54, 1.807) is 7.11 Å². The second kappa shape index (κ2) is 6.42. The van der Waals surface area contributed by atoms with Crippen molar-refractivity contribution in [3.63, 3.8) is 0 Å². The van der Waals surface area contributed by atoms with E-state index in [1.165, 1.54) is 29.5 Å². The third-order valence-corrected chi connectivity index (χ3v) is 3.77. The largest absolute Gasteiger partial charge is 0.497 e. The van der Waals surface area contributed by atoms with E-state index in [0.717, 1.165) is 5.75 Å². The fourth-order valence-electron chi connectivity index (χ4n) is 2.51. The van der Waals surface area contributed by atoms with Crippen LogP contribution in [0.1, 0.15) is 38.2 Å². The molecular weight excluding hydrogens is 232 g/mol. The summed E-state index contributed by atoms with van der Waals surface area (Å²) in [5, 5.41) is 0. The molecule has 0 aliphatic carbocycles. The zero-order valence-electron chi connectivity index (χ0n) is 12.0. The molecule has 2 aromatic rings. The number of benzene rings is 2. The van der Waals surface area contributed by atoms with Gasteiger partial charge in [0.2, 0.25) is 0 Å². The minimum absolute atomic E-state index is 0.680. The summed E-state index contributed by atoms with van der Waals surface area (Å²) in [6.45, 7) is 4.51. The van der Waals surface area contributed by atoms with Crippen molar-refractivity contribution in [1.82, 2.24) is 0 Å². The Morgan fingerprint density at radius 1 is 0.895 bits per heavy atom. The van der Waals surface area contributed by atoms with Crippen LogP contribution in [0.5, 0.6) is 5.75 Å². The van der Waals surface area contributed by atoms with Gasteiger partial charge >= 0.3 is 0 Å². The Labute approximate surface area is 116 Å². The van der Waals surface area contributed by atoms with Crippen molar-refractivity contribution in [2.24, 2.45) is 0 Å². The summed E-state index contributed by atoms with van der Waals surface area (Å²) in [5.41, 5.74) is 3.89. The molecule has 0 unspecified atom stereocenters. The van der Waals surface area contributed by atoms with E-state index in [9.17, 15) is 0 Å². The molecule has 0 N–H and O–H groups in total. The minimum atomic E-state index is 0.680. The number of hydrogen-bond acceptors (Lipinski definition) is 1. The van der Waals surface area contributed by atoms with Crippen molar-refractivity contribution in [3.8, 4) is 16.9 Å². The number of ether oxygens (including phenoxy) is 1. The topological polar surface area (TPSA) is 9.23 Å². The monoisotopic (exact) mass is 254 g/mol. The summed E-state index contributed by atoms with van der Waals surface area (Å²) in [7, 11) is 1.70. The molecule has 1 heteroatoms. The van der Waals surface area contributed by atoms with Crippen LogP contribution in [0.2, 0.25) is 0 Å². The van der Waals surface area contributed by atoms with E-state index >= 15 is 0 Å². The van der Waals surface area contributed by atoms with Gasteiger partial charge in [-0.2, -0.15) is 0 Å². The Morgan fingerprint density at radius 2 is 1.58 bits per heavy atom.